The summed E-state index contributed by atoms with van der Waals surface area (Å²) in [7, 11) is 0. The van der Waals surface area contributed by atoms with Crippen molar-refractivity contribution in [2.75, 3.05) is 58.9 Å². The maximum absolute atomic E-state index is 13.0. The molecule has 4 rings (SSSR count). The minimum atomic E-state index is -1.20. The molecule has 4 bridgehead atoms. The van der Waals surface area contributed by atoms with E-state index in [0.717, 1.165) is 19.3 Å². The van der Waals surface area contributed by atoms with Crippen LogP contribution in [0.1, 0.15) is 38.5 Å². The van der Waals surface area contributed by atoms with Crippen molar-refractivity contribution in [1.82, 2.24) is 20.0 Å². The fraction of sp³-hybridized carbons (Fsp3) is 0.792. The van der Waals surface area contributed by atoms with E-state index >= 15 is 0 Å². The molecule has 37 heavy (non-hydrogen) atoms. The number of carbonyl (C=O) groups is 5. The van der Waals surface area contributed by atoms with E-state index in [1.54, 1.807) is 0 Å². The summed E-state index contributed by atoms with van der Waals surface area (Å²) in [4.78, 5) is 61.9. The van der Waals surface area contributed by atoms with Crippen molar-refractivity contribution in [3.05, 3.63) is 0 Å². The summed E-state index contributed by atoms with van der Waals surface area (Å²) in [5.41, 5.74) is -0.201. The van der Waals surface area contributed by atoms with Gasteiger partial charge in [-0.3, -0.25) is 38.7 Å². The average molecular weight is 527 g/mol. The third-order valence-electron chi connectivity index (χ3n) is 7.71. The summed E-state index contributed by atoms with van der Waals surface area (Å²) in [6.07, 6.45) is 6.61. The molecular formula is C24H38N4O9. The summed E-state index contributed by atoms with van der Waals surface area (Å²) in [6, 6.07) is 0. The number of nitrogens with zero attached hydrogens (tertiary/aromatic N) is 3. The first kappa shape index (κ1) is 28.8. The van der Waals surface area contributed by atoms with Gasteiger partial charge in [0.25, 0.3) is 0 Å². The maximum atomic E-state index is 13.0. The normalized spacial score (nSPS) is 26.1. The molecule has 13 heteroatoms. The first-order valence-corrected chi connectivity index (χ1v) is 12.8. The fourth-order valence-electron chi connectivity index (χ4n) is 6.83. The molecule has 1 amide bonds. The molecule has 0 aromatic rings. The molecule has 5 N–H and O–H groups in total. The number of carboxylic acid groups (broad SMARTS) is 4. The minimum absolute atomic E-state index is 0.00266. The number of hydrogen-bond acceptors (Lipinski definition) is 8. The number of aliphatic carboxylic acids is 4. The highest BCUT2D eigenvalue weighted by molar-refractivity contribution is 5.80. The zero-order valence-corrected chi connectivity index (χ0v) is 21.0. The van der Waals surface area contributed by atoms with Crippen LogP contribution in [-0.2, 0) is 24.0 Å². The summed E-state index contributed by atoms with van der Waals surface area (Å²) in [5.74, 6) is -2.95. The van der Waals surface area contributed by atoms with Gasteiger partial charge in [-0.1, -0.05) is 0 Å². The predicted octanol–water partition coefficient (Wildman–Crippen LogP) is -0.684. The predicted molar refractivity (Wildman–Crippen MR) is 129 cm³/mol. The molecule has 4 fully saturated rings. The van der Waals surface area contributed by atoms with Gasteiger partial charge in [-0.2, -0.15) is 0 Å². The van der Waals surface area contributed by atoms with E-state index in [1.165, 1.54) is 34.0 Å². The summed E-state index contributed by atoms with van der Waals surface area (Å²) in [6.45, 7) is -1.66. The van der Waals surface area contributed by atoms with Crippen molar-refractivity contribution in [2.45, 2.75) is 44.1 Å². The van der Waals surface area contributed by atoms with Gasteiger partial charge < -0.3 is 25.7 Å². The molecule has 0 atom stereocenters. The Labute approximate surface area is 215 Å². The standard InChI is InChI=1S/C24H38N4O9/c29-19(25-24-8-16-5-17(9-24)7-18(6-16)10-24)11-27(13-21(32)33)3-1-26(12-20(30)31)2-4-28(14-22(34)35)15-23(36)37/h16-18H,1-15H2,(H,25,29)(H,30,31)(H,32,33)(H,34,35)(H,36,37). The highest BCUT2D eigenvalue weighted by Crippen LogP contribution is 2.55. The Morgan fingerprint density at radius 2 is 0.892 bits per heavy atom. The van der Waals surface area contributed by atoms with Crippen LogP contribution in [0.5, 0.6) is 0 Å². The molecule has 0 spiro atoms. The van der Waals surface area contributed by atoms with Crippen LogP contribution in [0.3, 0.4) is 0 Å². The highest BCUT2D eigenvalue weighted by atomic mass is 16.4. The monoisotopic (exact) mass is 526 g/mol. The Balaban J connectivity index is 1.55. The number of carbonyl (C=O) groups excluding carboxylic acids is 1. The Morgan fingerprint density at radius 3 is 1.27 bits per heavy atom. The van der Waals surface area contributed by atoms with Gasteiger partial charge in [0.1, 0.15) is 0 Å². The van der Waals surface area contributed by atoms with E-state index < -0.39 is 43.5 Å². The molecule has 4 aliphatic carbocycles. The number of nitrogens with one attached hydrogen (secondary N) is 1. The third-order valence-corrected chi connectivity index (χ3v) is 7.71. The van der Waals surface area contributed by atoms with E-state index in [2.05, 4.69) is 5.32 Å². The number of hydrogen-bond donors (Lipinski definition) is 5. The first-order valence-electron chi connectivity index (χ1n) is 12.8. The van der Waals surface area contributed by atoms with Crippen LogP contribution < -0.4 is 5.32 Å². The number of carboxylic acids is 4. The van der Waals surface area contributed by atoms with Gasteiger partial charge in [0, 0.05) is 31.7 Å². The van der Waals surface area contributed by atoms with E-state index in [0.29, 0.717) is 17.8 Å². The molecular weight excluding hydrogens is 488 g/mol. The van der Waals surface area contributed by atoms with E-state index in [9.17, 15) is 34.2 Å². The summed E-state index contributed by atoms with van der Waals surface area (Å²) in [5, 5.41) is 39.8. The zero-order chi connectivity index (χ0) is 27.2. The SMILES string of the molecule is O=C(O)CN(CCN(CC(=O)O)CC(=O)O)CCN(CC(=O)O)CC(=O)NC12CC3CC(CC(C3)C1)C2. The summed E-state index contributed by atoms with van der Waals surface area (Å²) < 4.78 is 0. The Bertz CT molecular complexity index is 829. The molecule has 0 saturated heterocycles. The van der Waals surface area contributed by atoms with Gasteiger partial charge in [-0.25, -0.2) is 0 Å². The van der Waals surface area contributed by atoms with Crippen molar-refractivity contribution in [3.8, 4) is 0 Å². The number of rotatable bonds is 17. The molecule has 13 nitrogen and oxygen atoms in total. The number of amides is 1. The molecule has 0 unspecified atom stereocenters. The lowest BCUT2D eigenvalue weighted by Gasteiger charge is -2.57. The van der Waals surface area contributed by atoms with Gasteiger partial charge in [-0.05, 0) is 56.3 Å². The molecule has 0 heterocycles. The van der Waals surface area contributed by atoms with Gasteiger partial charge in [0.15, 0.2) is 0 Å². The van der Waals surface area contributed by atoms with Crippen LogP contribution in [0.4, 0.5) is 0 Å². The van der Waals surface area contributed by atoms with Crippen LogP contribution >= 0.6 is 0 Å². The highest BCUT2D eigenvalue weighted by Gasteiger charge is 2.51. The maximum Gasteiger partial charge on any atom is 0.317 e. The molecule has 208 valence electrons. The second-order valence-corrected chi connectivity index (χ2v) is 11.0. The van der Waals surface area contributed by atoms with Gasteiger partial charge in [0.05, 0.1) is 32.7 Å². The van der Waals surface area contributed by atoms with Gasteiger partial charge in [0.2, 0.25) is 5.91 Å². The fourth-order valence-corrected chi connectivity index (χ4v) is 6.83. The van der Waals surface area contributed by atoms with E-state index in [-0.39, 0.29) is 50.7 Å². The second kappa shape index (κ2) is 12.7. The molecule has 4 saturated carbocycles. The Kier molecular flexibility index (Phi) is 9.85. The Hall–Kier alpha value is -2.77. The minimum Gasteiger partial charge on any atom is -0.480 e. The Morgan fingerprint density at radius 1 is 0.568 bits per heavy atom. The molecule has 0 radical (unpaired) electrons. The average Bonchev–Trinajstić information content (AvgIpc) is 2.72. The van der Waals surface area contributed by atoms with Crippen LogP contribution in [0.15, 0.2) is 0 Å². The van der Waals surface area contributed by atoms with Crippen molar-refractivity contribution >= 4 is 29.8 Å². The van der Waals surface area contributed by atoms with Crippen molar-refractivity contribution < 1.29 is 44.4 Å². The quantitative estimate of drug-likeness (QED) is 0.161. The van der Waals surface area contributed by atoms with Crippen LogP contribution in [0, 0.1) is 17.8 Å². The van der Waals surface area contributed by atoms with Gasteiger partial charge in [-0.15, -0.1) is 0 Å². The zero-order valence-electron chi connectivity index (χ0n) is 21.0. The van der Waals surface area contributed by atoms with Crippen LogP contribution in [-0.4, -0.2) is 129 Å². The van der Waals surface area contributed by atoms with E-state index in [1.807, 2.05) is 0 Å². The topological polar surface area (TPSA) is 188 Å². The molecule has 4 aliphatic rings. The lowest BCUT2D eigenvalue weighted by atomic mass is 9.53. The summed E-state index contributed by atoms with van der Waals surface area (Å²) >= 11 is 0. The second-order valence-electron chi connectivity index (χ2n) is 11.0. The van der Waals surface area contributed by atoms with E-state index in [4.69, 9.17) is 10.2 Å². The van der Waals surface area contributed by atoms with Crippen molar-refractivity contribution in [3.63, 3.8) is 0 Å². The molecule has 0 aromatic heterocycles. The van der Waals surface area contributed by atoms with Crippen LogP contribution in [0.2, 0.25) is 0 Å². The first-order chi connectivity index (χ1) is 17.4. The van der Waals surface area contributed by atoms with Crippen LogP contribution in [0.25, 0.3) is 0 Å². The molecule has 0 aromatic carbocycles. The lowest BCUT2D eigenvalue weighted by Crippen LogP contribution is -2.61. The molecule has 0 aliphatic heterocycles. The van der Waals surface area contributed by atoms with Gasteiger partial charge >= 0.3 is 23.9 Å². The lowest BCUT2D eigenvalue weighted by molar-refractivity contribution is -0.143. The smallest absolute Gasteiger partial charge is 0.317 e. The third kappa shape index (κ3) is 9.24. The van der Waals surface area contributed by atoms with Crippen molar-refractivity contribution in [1.29, 1.82) is 0 Å². The largest absolute Gasteiger partial charge is 0.480 e. The van der Waals surface area contributed by atoms with Crippen molar-refractivity contribution in [2.24, 2.45) is 17.8 Å².